The molecule has 0 fully saturated rings. The highest BCUT2D eigenvalue weighted by atomic mass is 16.5. The zero-order valence-electron chi connectivity index (χ0n) is 38.5. The predicted octanol–water partition coefficient (Wildman–Crippen LogP) is 15.0. The molecule has 6 nitrogen and oxygen atoms in total. The summed E-state index contributed by atoms with van der Waals surface area (Å²) < 4.78 is 5.92. The van der Waals surface area contributed by atoms with Gasteiger partial charge in [-0.2, -0.15) is 0 Å². The first-order valence-electron chi connectivity index (χ1n) is 25.4. The summed E-state index contributed by atoms with van der Waals surface area (Å²) in [4.78, 5) is 26.0. The lowest BCUT2D eigenvalue weighted by atomic mass is 10.0. The van der Waals surface area contributed by atoms with E-state index in [2.05, 4.69) is 38.2 Å². The van der Waals surface area contributed by atoms with Crippen molar-refractivity contribution in [2.75, 3.05) is 6.61 Å². The number of hydrogen-bond acceptors (Lipinski definition) is 5. The van der Waals surface area contributed by atoms with Crippen LogP contribution in [0.15, 0.2) is 12.2 Å². The highest BCUT2D eigenvalue weighted by molar-refractivity contribution is 5.77. The van der Waals surface area contributed by atoms with Crippen LogP contribution in [0.25, 0.3) is 0 Å². The average molecular weight is 806 g/mol. The summed E-state index contributed by atoms with van der Waals surface area (Å²) >= 11 is 0. The van der Waals surface area contributed by atoms with E-state index in [1.165, 1.54) is 180 Å². The molecule has 3 atom stereocenters. The van der Waals surface area contributed by atoms with Crippen molar-refractivity contribution >= 4 is 11.9 Å². The minimum atomic E-state index is -0.782. The Balaban J connectivity index is 4.48. The van der Waals surface area contributed by atoms with Gasteiger partial charge in [0.05, 0.1) is 25.2 Å². The Morgan fingerprint density at radius 3 is 1.28 bits per heavy atom. The minimum Gasteiger partial charge on any atom is -0.462 e. The summed E-state index contributed by atoms with van der Waals surface area (Å²) in [5, 5.41) is 23.8. The van der Waals surface area contributed by atoms with Crippen LogP contribution in [0.5, 0.6) is 0 Å². The van der Waals surface area contributed by atoms with Crippen LogP contribution < -0.4 is 5.32 Å². The summed E-state index contributed by atoms with van der Waals surface area (Å²) in [5.74, 6) is -0.470. The fraction of sp³-hybridized carbons (Fsp3) is 0.922. The van der Waals surface area contributed by atoms with Crippen molar-refractivity contribution in [2.45, 2.75) is 296 Å². The lowest BCUT2D eigenvalue weighted by Gasteiger charge is -2.24. The summed E-state index contributed by atoms with van der Waals surface area (Å²) in [7, 11) is 0. The molecule has 0 saturated heterocycles. The Kier molecular flexibility index (Phi) is 44.6. The van der Waals surface area contributed by atoms with Crippen molar-refractivity contribution in [3.8, 4) is 0 Å². The third kappa shape index (κ3) is 41.1. The van der Waals surface area contributed by atoms with Crippen LogP contribution in [0.2, 0.25) is 0 Å². The van der Waals surface area contributed by atoms with Crippen LogP contribution in [-0.4, -0.2) is 46.9 Å². The van der Waals surface area contributed by atoms with E-state index in [9.17, 15) is 19.8 Å². The van der Waals surface area contributed by atoms with E-state index in [1.54, 1.807) is 0 Å². The predicted molar refractivity (Wildman–Crippen MR) is 246 cm³/mol. The van der Waals surface area contributed by atoms with Gasteiger partial charge in [0.25, 0.3) is 0 Å². The first kappa shape index (κ1) is 55.6. The first-order valence-corrected chi connectivity index (χ1v) is 25.4. The number of aliphatic hydroxyl groups excluding tert-OH is 2. The summed E-state index contributed by atoms with van der Waals surface area (Å²) in [5.41, 5.74) is 0. The SMILES string of the molecule is CCCCC/C=C\CCCCCCCC(=O)OC(CCCCCCCCCCCCC)CC(=O)NC(CO)C(O)CCCCCCCCCCCCCCCCC. The molecule has 0 aliphatic carbocycles. The molecular formula is C51H99NO5. The third-order valence-corrected chi connectivity index (χ3v) is 11.8. The number of hydrogen-bond donors (Lipinski definition) is 3. The molecule has 0 heterocycles. The zero-order valence-corrected chi connectivity index (χ0v) is 38.5. The second-order valence-electron chi connectivity index (χ2n) is 17.6. The molecule has 338 valence electrons. The second-order valence-corrected chi connectivity index (χ2v) is 17.6. The van der Waals surface area contributed by atoms with E-state index < -0.39 is 18.2 Å². The molecule has 0 aromatic heterocycles. The van der Waals surface area contributed by atoms with Gasteiger partial charge < -0.3 is 20.3 Å². The smallest absolute Gasteiger partial charge is 0.306 e. The standard InChI is InChI=1S/C51H99NO5/c1-4-7-10-13-16-19-22-24-25-26-28-31-34-37-40-43-49(54)48(46-53)52-50(55)45-47(42-39-36-33-30-27-21-18-15-12-9-6-3)57-51(56)44-41-38-35-32-29-23-20-17-14-11-8-5-2/h17,20,47-49,53-54H,4-16,18-19,21-46H2,1-3H3,(H,52,55)/b20-17-. The normalized spacial score (nSPS) is 13.3. The molecule has 0 aromatic rings. The molecule has 3 N–H and O–H groups in total. The molecule has 0 saturated carbocycles. The summed E-state index contributed by atoms with van der Waals surface area (Å²) in [6.07, 6.45) is 49.8. The number of amides is 1. The minimum absolute atomic E-state index is 0.0810. The van der Waals surface area contributed by atoms with Crippen LogP contribution in [0, 0.1) is 0 Å². The van der Waals surface area contributed by atoms with E-state index in [0.29, 0.717) is 19.3 Å². The highest BCUT2D eigenvalue weighted by Gasteiger charge is 2.24. The molecule has 0 aromatic carbocycles. The van der Waals surface area contributed by atoms with Crippen LogP contribution in [0.4, 0.5) is 0 Å². The maximum atomic E-state index is 13.2. The highest BCUT2D eigenvalue weighted by Crippen LogP contribution is 2.18. The van der Waals surface area contributed by atoms with E-state index in [1.807, 2.05) is 0 Å². The van der Waals surface area contributed by atoms with Crippen LogP contribution >= 0.6 is 0 Å². The summed E-state index contributed by atoms with van der Waals surface area (Å²) in [6, 6.07) is -0.695. The fourth-order valence-electron chi connectivity index (χ4n) is 7.96. The van der Waals surface area contributed by atoms with Crippen molar-refractivity contribution in [3.05, 3.63) is 12.2 Å². The Bertz CT molecular complexity index is 863. The molecule has 0 aliphatic rings. The topological polar surface area (TPSA) is 95.9 Å². The van der Waals surface area contributed by atoms with Crippen LogP contribution in [-0.2, 0) is 14.3 Å². The van der Waals surface area contributed by atoms with E-state index in [4.69, 9.17) is 4.74 Å². The van der Waals surface area contributed by atoms with Gasteiger partial charge >= 0.3 is 5.97 Å². The van der Waals surface area contributed by atoms with Crippen molar-refractivity contribution in [1.29, 1.82) is 0 Å². The molecule has 0 aliphatic heterocycles. The molecule has 0 radical (unpaired) electrons. The Labute approximate surface area is 355 Å². The molecular weight excluding hydrogens is 707 g/mol. The molecule has 3 unspecified atom stereocenters. The maximum absolute atomic E-state index is 13.2. The van der Waals surface area contributed by atoms with Gasteiger partial charge in [-0.1, -0.05) is 226 Å². The largest absolute Gasteiger partial charge is 0.462 e. The number of unbranched alkanes of at least 4 members (excludes halogenated alkanes) is 32. The first-order chi connectivity index (χ1) is 28.0. The number of carbonyl (C=O) groups excluding carboxylic acids is 2. The van der Waals surface area contributed by atoms with Crippen LogP contribution in [0.1, 0.15) is 278 Å². The summed E-state index contributed by atoms with van der Waals surface area (Å²) in [6.45, 7) is 6.47. The number of carbonyl (C=O) groups is 2. The van der Waals surface area contributed by atoms with E-state index in [0.717, 1.165) is 51.4 Å². The average Bonchev–Trinajstić information content (AvgIpc) is 3.20. The van der Waals surface area contributed by atoms with Gasteiger partial charge in [0.1, 0.15) is 6.10 Å². The lowest BCUT2D eigenvalue weighted by molar-refractivity contribution is -0.151. The number of ether oxygens (including phenoxy) is 1. The molecule has 6 heteroatoms. The quantitative estimate of drug-likeness (QED) is 0.0323. The monoisotopic (exact) mass is 806 g/mol. The van der Waals surface area contributed by atoms with E-state index >= 15 is 0 Å². The van der Waals surface area contributed by atoms with Crippen molar-refractivity contribution < 1.29 is 24.5 Å². The molecule has 0 bridgehead atoms. The van der Waals surface area contributed by atoms with Gasteiger partial charge in [0.15, 0.2) is 0 Å². The number of esters is 1. The van der Waals surface area contributed by atoms with Gasteiger partial charge in [-0.15, -0.1) is 0 Å². The van der Waals surface area contributed by atoms with Gasteiger partial charge in [0, 0.05) is 6.42 Å². The maximum Gasteiger partial charge on any atom is 0.306 e. The molecule has 0 spiro atoms. The number of nitrogens with one attached hydrogen (secondary N) is 1. The number of allylic oxidation sites excluding steroid dienone is 2. The Morgan fingerprint density at radius 2 is 0.842 bits per heavy atom. The van der Waals surface area contributed by atoms with Gasteiger partial charge in [0.2, 0.25) is 5.91 Å². The lowest BCUT2D eigenvalue weighted by Crippen LogP contribution is -2.46. The van der Waals surface area contributed by atoms with Crippen molar-refractivity contribution in [3.63, 3.8) is 0 Å². The zero-order chi connectivity index (χ0) is 41.7. The molecule has 1 amide bonds. The second kappa shape index (κ2) is 45.7. The van der Waals surface area contributed by atoms with Gasteiger partial charge in [-0.25, -0.2) is 0 Å². The van der Waals surface area contributed by atoms with E-state index in [-0.39, 0.29) is 24.9 Å². The van der Waals surface area contributed by atoms with Gasteiger partial charge in [-0.3, -0.25) is 9.59 Å². The number of aliphatic hydroxyl groups is 2. The Morgan fingerprint density at radius 1 is 0.491 bits per heavy atom. The van der Waals surface area contributed by atoms with Crippen LogP contribution in [0.3, 0.4) is 0 Å². The van der Waals surface area contributed by atoms with Gasteiger partial charge in [-0.05, 0) is 51.4 Å². The molecule has 57 heavy (non-hydrogen) atoms. The number of rotatable bonds is 46. The van der Waals surface area contributed by atoms with Crippen molar-refractivity contribution in [2.24, 2.45) is 0 Å². The Hall–Kier alpha value is -1.40. The molecule has 0 rings (SSSR count). The fourth-order valence-corrected chi connectivity index (χ4v) is 7.96. The van der Waals surface area contributed by atoms with Crippen molar-refractivity contribution in [1.82, 2.24) is 5.32 Å². The third-order valence-electron chi connectivity index (χ3n) is 11.8.